The van der Waals surface area contributed by atoms with Gasteiger partial charge in [0.25, 0.3) is 0 Å². The van der Waals surface area contributed by atoms with Crippen LogP contribution in [0.25, 0.3) is 0 Å². The minimum Gasteiger partial charge on any atom is -0.467 e. The molecular weight excluding hydrogens is 234 g/mol. The highest BCUT2D eigenvalue weighted by atomic mass is 16.5. The fourth-order valence-electron chi connectivity index (χ4n) is 2.23. The zero-order valence-electron chi connectivity index (χ0n) is 10.5. The fourth-order valence-corrected chi connectivity index (χ4v) is 2.23. The van der Waals surface area contributed by atoms with Crippen molar-refractivity contribution >= 4 is 17.6 Å². The highest BCUT2D eigenvalue weighted by molar-refractivity contribution is 6.01. The van der Waals surface area contributed by atoms with Crippen molar-refractivity contribution in [2.24, 2.45) is 0 Å². The molecule has 18 heavy (non-hydrogen) atoms. The number of nitrogens with one attached hydrogen (secondary N) is 1. The van der Waals surface area contributed by atoms with Crippen LogP contribution in [0.3, 0.4) is 0 Å². The third-order valence-corrected chi connectivity index (χ3v) is 3.29. The predicted octanol–water partition coefficient (Wildman–Crippen LogP) is 1.00. The second kappa shape index (κ2) is 4.42. The standard InChI is InChI=1S/C13H15NO4/c1-6-4-8-5-9(15)14-11(8)10(7(6)2)12(16)13(17)18-3/h4,12,16H,5H2,1-3H3,(H,14,15). The van der Waals surface area contributed by atoms with Gasteiger partial charge in [-0.3, -0.25) is 4.79 Å². The van der Waals surface area contributed by atoms with Crippen LogP contribution in [0.5, 0.6) is 0 Å². The normalized spacial score (nSPS) is 15.0. The first-order valence-electron chi connectivity index (χ1n) is 5.64. The first-order valence-corrected chi connectivity index (χ1v) is 5.64. The number of aryl methyl sites for hydroxylation is 1. The van der Waals surface area contributed by atoms with Crippen molar-refractivity contribution in [1.82, 2.24) is 0 Å². The second-order valence-corrected chi connectivity index (χ2v) is 4.42. The van der Waals surface area contributed by atoms with Gasteiger partial charge in [-0.1, -0.05) is 6.07 Å². The van der Waals surface area contributed by atoms with Crippen molar-refractivity contribution in [3.05, 3.63) is 28.3 Å². The number of hydrogen-bond acceptors (Lipinski definition) is 4. The van der Waals surface area contributed by atoms with Crippen molar-refractivity contribution in [2.45, 2.75) is 26.4 Å². The molecule has 2 N–H and O–H groups in total. The van der Waals surface area contributed by atoms with Crippen molar-refractivity contribution in [3.63, 3.8) is 0 Å². The Bertz CT molecular complexity index is 536. The van der Waals surface area contributed by atoms with Crippen LogP contribution in [-0.2, 0) is 20.7 Å². The van der Waals surface area contributed by atoms with Crippen LogP contribution in [0.2, 0.25) is 0 Å². The van der Waals surface area contributed by atoms with E-state index in [1.165, 1.54) is 7.11 Å². The SMILES string of the molecule is COC(=O)C(O)c1c(C)c(C)cc2c1NC(=O)C2. The van der Waals surface area contributed by atoms with Crippen LogP contribution < -0.4 is 5.32 Å². The topological polar surface area (TPSA) is 75.6 Å². The predicted molar refractivity (Wildman–Crippen MR) is 65.2 cm³/mol. The summed E-state index contributed by atoms with van der Waals surface area (Å²) in [5.41, 5.74) is 3.50. The molecule has 2 rings (SSSR count). The molecule has 1 atom stereocenters. The van der Waals surface area contributed by atoms with Gasteiger partial charge < -0.3 is 15.2 Å². The summed E-state index contributed by atoms with van der Waals surface area (Å²) in [4.78, 5) is 22.9. The van der Waals surface area contributed by atoms with Crippen molar-refractivity contribution in [1.29, 1.82) is 0 Å². The summed E-state index contributed by atoms with van der Waals surface area (Å²) in [6.07, 6.45) is -1.10. The Kier molecular flexibility index (Phi) is 3.09. The Morgan fingerprint density at radius 1 is 1.50 bits per heavy atom. The molecule has 0 bridgehead atoms. The average Bonchev–Trinajstić information content (AvgIpc) is 2.68. The maximum Gasteiger partial charge on any atom is 0.339 e. The molecular formula is C13H15NO4. The molecule has 1 aliphatic rings. The Morgan fingerprint density at radius 3 is 2.78 bits per heavy atom. The van der Waals surface area contributed by atoms with Crippen LogP contribution in [-0.4, -0.2) is 24.1 Å². The number of fused-ring (bicyclic) bond motifs is 1. The number of benzene rings is 1. The van der Waals surface area contributed by atoms with Crippen LogP contribution in [0.4, 0.5) is 5.69 Å². The number of carbonyl (C=O) groups is 2. The van der Waals surface area contributed by atoms with E-state index in [2.05, 4.69) is 10.1 Å². The van der Waals surface area contributed by atoms with Gasteiger partial charge in [-0.25, -0.2) is 4.79 Å². The lowest BCUT2D eigenvalue weighted by Gasteiger charge is -2.17. The van der Waals surface area contributed by atoms with E-state index in [1.807, 2.05) is 19.9 Å². The number of aliphatic hydroxyl groups excluding tert-OH is 1. The molecule has 1 aromatic carbocycles. The van der Waals surface area contributed by atoms with Crippen LogP contribution >= 0.6 is 0 Å². The molecule has 0 saturated carbocycles. The molecule has 0 radical (unpaired) electrons. The van der Waals surface area contributed by atoms with Crippen LogP contribution in [0.1, 0.15) is 28.4 Å². The summed E-state index contributed by atoms with van der Waals surface area (Å²) >= 11 is 0. The molecule has 0 spiro atoms. The third kappa shape index (κ3) is 1.86. The summed E-state index contributed by atoms with van der Waals surface area (Å²) < 4.78 is 4.55. The minimum absolute atomic E-state index is 0.131. The number of esters is 1. The van der Waals surface area contributed by atoms with Crippen molar-refractivity contribution in [2.75, 3.05) is 12.4 Å². The van der Waals surface area contributed by atoms with Crippen molar-refractivity contribution < 1.29 is 19.4 Å². The lowest BCUT2D eigenvalue weighted by molar-refractivity contribution is -0.150. The maximum atomic E-state index is 11.5. The fraction of sp³-hybridized carbons (Fsp3) is 0.385. The molecule has 1 amide bonds. The number of amides is 1. The van der Waals surface area contributed by atoms with Gasteiger partial charge in [0, 0.05) is 5.56 Å². The van der Waals surface area contributed by atoms with E-state index in [0.717, 1.165) is 16.7 Å². The number of hydrogen-bond donors (Lipinski definition) is 2. The Hall–Kier alpha value is -1.88. The number of aliphatic hydroxyl groups is 1. The number of ether oxygens (including phenoxy) is 1. The van der Waals surface area contributed by atoms with Gasteiger partial charge in [0.2, 0.25) is 5.91 Å². The van der Waals surface area contributed by atoms with Gasteiger partial charge >= 0.3 is 5.97 Å². The largest absolute Gasteiger partial charge is 0.467 e. The first-order chi connectivity index (χ1) is 8.45. The third-order valence-electron chi connectivity index (χ3n) is 3.29. The molecule has 0 aliphatic carbocycles. The monoisotopic (exact) mass is 249 g/mol. The lowest BCUT2D eigenvalue weighted by Crippen LogP contribution is -2.17. The van der Waals surface area contributed by atoms with Gasteiger partial charge in [-0.05, 0) is 30.5 Å². The van der Waals surface area contributed by atoms with Gasteiger partial charge in [-0.15, -0.1) is 0 Å². The summed E-state index contributed by atoms with van der Waals surface area (Å²) in [5.74, 6) is -0.861. The summed E-state index contributed by atoms with van der Waals surface area (Å²) in [7, 11) is 1.22. The van der Waals surface area contributed by atoms with Gasteiger partial charge in [0.05, 0.1) is 19.2 Å². The molecule has 5 nitrogen and oxygen atoms in total. The molecule has 1 unspecified atom stereocenters. The number of methoxy groups -OCH3 is 1. The molecule has 1 aliphatic heterocycles. The Labute approximate surface area is 105 Å². The Balaban J connectivity index is 2.59. The van der Waals surface area contributed by atoms with Crippen LogP contribution in [0, 0.1) is 13.8 Å². The molecule has 96 valence electrons. The number of carbonyl (C=O) groups excluding carboxylic acids is 2. The smallest absolute Gasteiger partial charge is 0.339 e. The van der Waals surface area contributed by atoms with Gasteiger partial charge in [-0.2, -0.15) is 0 Å². The van der Waals surface area contributed by atoms with E-state index in [0.29, 0.717) is 11.3 Å². The number of anilines is 1. The van der Waals surface area contributed by atoms with E-state index in [4.69, 9.17) is 0 Å². The summed E-state index contributed by atoms with van der Waals surface area (Å²) in [5, 5.41) is 12.7. The Morgan fingerprint density at radius 2 is 2.17 bits per heavy atom. The van der Waals surface area contributed by atoms with Gasteiger partial charge in [0.15, 0.2) is 6.10 Å². The molecule has 1 aromatic rings. The molecule has 0 aromatic heterocycles. The molecule has 5 heteroatoms. The maximum absolute atomic E-state index is 11.5. The average molecular weight is 249 g/mol. The lowest BCUT2D eigenvalue weighted by atomic mass is 9.93. The van der Waals surface area contributed by atoms with E-state index < -0.39 is 12.1 Å². The van der Waals surface area contributed by atoms with E-state index in [-0.39, 0.29) is 12.3 Å². The number of rotatable bonds is 2. The van der Waals surface area contributed by atoms with E-state index >= 15 is 0 Å². The highest BCUT2D eigenvalue weighted by Gasteiger charge is 2.30. The summed E-state index contributed by atoms with van der Waals surface area (Å²) in [6, 6.07) is 1.90. The van der Waals surface area contributed by atoms with E-state index in [1.54, 1.807) is 0 Å². The van der Waals surface area contributed by atoms with Gasteiger partial charge in [0.1, 0.15) is 0 Å². The quantitative estimate of drug-likeness (QED) is 0.767. The molecule has 0 fully saturated rings. The van der Waals surface area contributed by atoms with Crippen LogP contribution in [0.15, 0.2) is 6.07 Å². The minimum atomic E-state index is -1.37. The summed E-state index contributed by atoms with van der Waals surface area (Å²) in [6.45, 7) is 3.69. The zero-order valence-corrected chi connectivity index (χ0v) is 10.5. The molecule has 1 heterocycles. The highest BCUT2D eigenvalue weighted by Crippen LogP contribution is 2.36. The second-order valence-electron chi connectivity index (χ2n) is 4.42. The van der Waals surface area contributed by atoms with E-state index in [9.17, 15) is 14.7 Å². The zero-order chi connectivity index (χ0) is 13.4. The van der Waals surface area contributed by atoms with Crippen molar-refractivity contribution in [3.8, 4) is 0 Å². The first kappa shape index (κ1) is 12.6. The molecule has 0 saturated heterocycles.